The van der Waals surface area contributed by atoms with E-state index in [9.17, 15) is 9.18 Å². The van der Waals surface area contributed by atoms with Crippen LogP contribution in [0, 0.1) is 5.82 Å². The van der Waals surface area contributed by atoms with Crippen molar-refractivity contribution >= 4 is 27.5 Å². The molecule has 1 N–H and O–H groups in total. The van der Waals surface area contributed by atoms with Crippen LogP contribution in [0.5, 0.6) is 5.88 Å². The fourth-order valence-corrected chi connectivity index (χ4v) is 1.87. The lowest BCUT2D eigenvalue weighted by Crippen LogP contribution is -2.13. The van der Waals surface area contributed by atoms with E-state index in [1.165, 1.54) is 25.4 Å². The second-order valence-electron chi connectivity index (χ2n) is 3.67. The number of methoxy groups -OCH3 is 1. The average molecular weight is 325 g/mol. The Balaban J connectivity index is 2.18. The fraction of sp³-hybridized carbons (Fsp3) is 0.0769. The van der Waals surface area contributed by atoms with E-state index in [2.05, 4.69) is 26.2 Å². The van der Waals surface area contributed by atoms with Crippen molar-refractivity contribution in [3.63, 3.8) is 0 Å². The highest BCUT2D eigenvalue weighted by molar-refractivity contribution is 9.10. The number of hydrogen-bond acceptors (Lipinski definition) is 3. The molecule has 6 heteroatoms. The number of pyridine rings is 1. The van der Waals surface area contributed by atoms with Crippen LogP contribution in [0.3, 0.4) is 0 Å². The summed E-state index contributed by atoms with van der Waals surface area (Å²) >= 11 is 3.20. The zero-order valence-electron chi connectivity index (χ0n) is 9.98. The molecule has 2 rings (SSSR count). The summed E-state index contributed by atoms with van der Waals surface area (Å²) in [5.74, 6) is -0.440. The van der Waals surface area contributed by atoms with Gasteiger partial charge in [0.25, 0.3) is 5.91 Å². The van der Waals surface area contributed by atoms with E-state index >= 15 is 0 Å². The van der Waals surface area contributed by atoms with Gasteiger partial charge in [-0.25, -0.2) is 9.37 Å². The van der Waals surface area contributed by atoms with E-state index in [1.807, 2.05) is 0 Å². The van der Waals surface area contributed by atoms with Crippen molar-refractivity contribution in [2.24, 2.45) is 0 Å². The molecule has 1 amide bonds. The molecule has 2 aromatic rings. The number of nitrogens with one attached hydrogen (secondary N) is 1. The van der Waals surface area contributed by atoms with Gasteiger partial charge >= 0.3 is 0 Å². The third kappa shape index (κ3) is 3.29. The smallest absolute Gasteiger partial charge is 0.256 e. The van der Waals surface area contributed by atoms with Gasteiger partial charge in [-0.15, -0.1) is 0 Å². The average Bonchev–Trinajstić information content (AvgIpc) is 2.42. The maximum atomic E-state index is 13.1. The summed E-state index contributed by atoms with van der Waals surface area (Å²) in [7, 11) is 1.50. The van der Waals surface area contributed by atoms with Crippen LogP contribution in [0.2, 0.25) is 0 Å². The summed E-state index contributed by atoms with van der Waals surface area (Å²) in [6.07, 6.45) is 1.46. The van der Waals surface area contributed by atoms with Gasteiger partial charge in [0.2, 0.25) is 5.88 Å². The number of halogens is 2. The number of hydrogen-bond donors (Lipinski definition) is 1. The van der Waals surface area contributed by atoms with Gasteiger partial charge in [-0.05, 0) is 40.2 Å². The zero-order valence-corrected chi connectivity index (χ0v) is 11.6. The number of anilines is 1. The Bertz CT molecular complexity index is 602. The van der Waals surface area contributed by atoms with Crippen molar-refractivity contribution < 1.29 is 13.9 Å². The highest BCUT2D eigenvalue weighted by atomic mass is 79.9. The molecular formula is C13H10BrFN2O2. The first-order valence-electron chi connectivity index (χ1n) is 5.36. The van der Waals surface area contributed by atoms with E-state index in [0.29, 0.717) is 16.0 Å². The van der Waals surface area contributed by atoms with E-state index < -0.39 is 11.7 Å². The summed E-state index contributed by atoms with van der Waals surface area (Å²) in [4.78, 5) is 15.9. The highest BCUT2D eigenvalue weighted by Gasteiger charge is 2.11. The molecule has 0 aliphatic heterocycles. The second-order valence-corrected chi connectivity index (χ2v) is 4.52. The lowest BCUT2D eigenvalue weighted by molar-refractivity contribution is 0.102. The van der Waals surface area contributed by atoms with E-state index in [0.717, 1.165) is 6.07 Å². The van der Waals surface area contributed by atoms with Crippen molar-refractivity contribution in [1.82, 2.24) is 4.98 Å². The Kier molecular flexibility index (Phi) is 4.11. The van der Waals surface area contributed by atoms with Gasteiger partial charge in [0.1, 0.15) is 5.82 Å². The molecule has 0 radical (unpaired) electrons. The number of nitrogens with zero attached hydrogens (tertiary/aromatic N) is 1. The molecule has 1 aromatic carbocycles. The molecule has 0 unspecified atom stereocenters. The molecule has 1 aromatic heterocycles. The minimum Gasteiger partial charge on any atom is -0.481 e. The molecule has 4 nitrogen and oxygen atoms in total. The Morgan fingerprint density at radius 3 is 2.79 bits per heavy atom. The molecule has 0 saturated carbocycles. The Hall–Kier alpha value is -1.95. The highest BCUT2D eigenvalue weighted by Crippen LogP contribution is 2.19. The largest absolute Gasteiger partial charge is 0.481 e. The molecule has 1 heterocycles. The summed E-state index contributed by atoms with van der Waals surface area (Å²) in [5.41, 5.74) is 0.720. The normalized spacial score (nSPS) is 10.1. The van der Waals surface area contributed by atoms with Gasteiger partial charge in [-0.2, -0.15) is 0 Å². The van der Waals surface area contributed by atoms with E-state index in [1.54, 1.807) is 12.1 Å². The van der Waals surface area contributed by atoms with Crippen LogP contribution >= 0.6 is 15.9 Å². The first-order chi connectivity index (χ1) is 9.10. The number of amides is 1. The molecular weight excluding hydrogens is 315 g/mol. The number of benzene rings is 1. The Labute approximate surface area is 117 Å². The fourth-order valence-electron chi connectivity index (χ4n) is 1.44. The van der Waals surface area contributed by atoms with Crippen LogP contribution in [0.4, 0.5) is 10.1 Å². The monoisotopic (exact) mass is 324 g/mol. The topological polar surface area (TPSA) is 51.2 Å². The van der Waals surface area contributed by atoms with Crippen molar-refractivity contribution in [1.29, 1.82) is 0 Å². The standard InChI is InChI=1S/C13H10BrFN2O2/c1-19-12-5-3-9(7-16-12)17-13(18)10-6-8(15)2-4-11(10)14/h2-7H,1H3,(H,17,18). The zero-order chi connectivity index (χ0) is 13.8. The van der Waals surface area contributed by atoms with E-state index in [-0.39, 0.29) is 5.56 Å². The van der Waals surface area contributed by atoms with Crippen molar-refractivity contribution in [2.75, 3.05) is 12.4 Å². The predicted octanol–water partition coefficient (Wildman–Crippen LogP) is 3.24. The van der Waals surface area contributed by atoms with Crippen LogP contribution in [0.15, 0.2) is 41.0 Å². The molecule has 0 bridgehead atoms. The lowest BCUT2D eigenvalue weighted by atomic mass is 10.2. The maximum absolute atomic E-state index is 13.1. The molecule has 0 saturated heterocycles. The van der Waals surface area contributed by atoms with Crippen LogP contribution in [-0.4, -0.2) is 18.0 Å². The van der Waals surface area contributed by atoms with Gasteiger partial charge in [0, 0.05) is 10.5 Å². The number of carbonyl (C=O) groups is 1. The molecule has 19 heavy (non-hydrogen) atoms. The summed E-state index contributed by atoms with van der Waals surface area (Å²) < 4.78 is 18.5. The molecule has 0 fully saturated rings. The molecule has 98 valence electrons. The van der Waals surface area contributed by atoms with Crippen molar-refractivity contribution in [3.05, 3.63) is 52.4 Å². The van der Waals surface area contributed by atoms with Gasteiger partial charge in [-0.3, -0.25) is 4.79 Å². The summed E-state index contributed by atoms with van der Waals surface area (Å²) in [5, 5.41) is 2.62. The van der Waals surface area contributed by atoms with Gasteiger partial charge < -0.3 is 10.1 Å². The first kappa shape index (κ1) is 13.5. The molecule has 0 aliphatic carbocycles. The molecule has 0 atom stereocenters. The minimum atomic E-state index is -0.471. The molecule has 0 spiro atoms. The van der Waals surface area contributed by atoms with E-state index in [4.69, 9.17) is 4.74 Å². The number of rotatable bonds is 3. The van der Waals surface area contributed by atoms with Gasteiger partial charge in [0.15, 0.2) is 0 Å². The predicted molar refractivity (Wildman–Crippen MR) is 72.8 cm³/mol. The Morgan fingerprint density at radius 2 is 2.16 bits per heavy atom. The van der Waals surface area contributed by atoms with Crippen molar-refractivity contribution in [3.8, 4) is 5.88 Å². The second kappa shape index (κ2) is 5.79. The molecule has 0 aliphatic rings. The van der Waals surface area contributed by atoms with Crippen LogP contribution in [0.25, 0.3) is 0 Å². The third-order valence-electron chi connectivity index (χ3n) is 2.38. The van der Waals surface area contributed by atoms with Crippen LogP contribution in [0.1, 0.15) is 10.4 Å². The number of ether oxygens (including phenoxy) is 1. The first-order valence-corrected chi connectivity index (χ1v) is 6.16. The van der Waals surface area contributed by atoms with Gasteiger partial charge in [-0.1, -0.05) is 0 Å². The summed E-state index contributed by atoms with van der Waals surface area (Å²) in [6.45, 7) is 0. The quantitative estimate of drug-likeness (QED) is 0.942. The van der Waals surface area contributed by atoms with Crippen LogP contribution in [-0.2, 0) is 0 Å². The SMILES string of the molecule is COc1ccc(NC(=O)c2cc(F)ccc2Br)cn1. The lowest BCUT2D eigenvalue weighted by Gasteiger charge is -2.07. The summed E-state index contributed by atoms with van der Waals surface area (Å²) in [6, 6.07) is 7.19. The number of aromatic nitrogens is 1. The number of carbonyl (C=O) groups excluding carboxylic acids is 1. The minimum absolute atomic E-state index is 0.218. The Morgan fingerprint density at radius 1 is 1.37 bits per heavy atom. The van der Waals surface area contributed by atoms with Crippen LogP contribution < -0.4 is 10.1 Å². The van der Waals surface area contributed by atoms with Gasteiger partial charge in [0.05, 0.1) is 24.6 Å². The van der Waals surface area contributed by atoms with Crippen molar-refractivity contribution in [2.45, 2.75) is 0 Å². The maximum Gasteiger partial charge on any atom is 0.256 e. The third-order valence-corrected chi connectivity index (χ3v) is 3.07.